The van der Waals surface area contributed by atoms with E-state index in [0.717, 1.165) is 17.9 Å². The topological polar surface area (TPSA) is 20.2 Å². The van der Waals surface area contributed by atoms with Crippen LogP contribution in [0.2, 0.25) is 5.02 Å². The van der Waals surface area contributed by atoms with E-state index in [0.29, 0.717) is 0 Å². The Hall–Kier alpha value is -0.530. The second-order valence-electron chi connectivity index (χ2n) is 5.05. The summed E-state index contributed by atoms with van der Waals surface area (Å²) in [5.74, 6) is 0. The normalized spacial score (nSPS) is 13.9. The summed E-state index contributed by atoms with van der Waals surface area (Å²) in [5.41, 5.74) is 1.14. The van der Waals surface area contributed by atoms with Gasteiger partial charge in [0, 0.05) is 5.02 Å². The van der Waals surface area contributed by atoms with Crippen molar-refractivity contribution in [2.24, 2.45) is 5.41 Å². The molecule has 1 atom stereocenters. The fourth-order valence-electron chi connectivity index (χ4n) is 1.43. The van der Waals surface area contributed by atoms with Crippen LogP contribution >= 0.6 is 11.6 Å². The third kappa shape index (κ3) is 4.23. The Bertz CT molecular complexity index is 315. The molecule has 2 heteroatoms. The number of aliphatic hydroxyl groups is 1. The third-order valence-electron chi connectivity index (χ3n) is 2.60. The summed E-state index contributed by atoms with van der Waals surface area (Å²) in [7, 11) is 0. The number of rotatable bonds is 3. The highest BCUT2D eigenvalue weighted by Gasteiger charge is 2.21. The van der Waals surface area contributed by atoms with Crippen molar-refractivity contribution in [1.82, 2.24) is 0 Å². The zero-order valence-electron chi connectivity index (χ0n) is 9.63. The maximum Gasteiger partial charge on any atom is 0.0591 e. The van der Waals surface area contributed by atoms with Gasteiger partial charge in [-0.05, 0) is 36.0 Å². The third-order valence-corrected chi connectivity index (χ3v) is 2.83. The molecule has 0 saturated heterocycles. The Morgan fingerprint density at radius 3 is 2.53 bits per heavy atom. The number of benzene rings is 1. The lowest BCUT2D eigenvalue weighted by Crippen LogP contribution is -2.26. The molecule has 15 heavy (non-hydrogen) atoms. The lowest BCUT2D eigenvalue weighted by molar-refractivity contribution is 0.0560. The molecule has 0 radical (unpaired) electrons. The van der Waals surface area contributed by atoms with Gasteiger partial charge >= 0.3 is 0 Å². The first-order valence-electron chi connectivity index (χ1n) is 5.32. The molecular formula is C13H19ClO. The van der Waals surface area contributed by atoms with Crippen molar-refractivity contribution in [3.63, 3.8) is 0 Å². The molecule has 1 N–H and O–H groups in total. The van der Waals surface area contributed by atoms with E-state index in [-0.39, 0.29) is 11.5 Å². The zero-order chi connectivity index (χ0) is 11.5. The van der Waals surface area contributed by atoms with Crippen LogP contribution in [-0.2, 0) is 6.42 Å². The first-order valence-corrected chi connectivity index (χ1v) is 5.70. The summed E-state index contributed by atoms with van der Waals surface area (Å²) in [6.45, 7) is 6.15. The molecule has 84 valence electrons. The lowest BCUT2D eigenvalue weighted by Gasteiger charge is -2.25. The van der Waals surface area contributed by atoms with E-state index >= 15 is 0 Å². The van der Waals surface area contributed by atoms with Crippen molar-refractivity contribution >= 4 is 11.6 Å². The van der Waals surface area contributed by atoms with E-state index in [4.69, 9.17) is 11.6 Å². The van der Waals surface area contributed by atoms with Gasteiger partial charge in [0.2, 0.25) is 0 Å². The monoisotopic (exact) mass is 226 g/mol. The van der Waals surface area contributed by atoms with Gasteiger partial charge in [-0.1, -0.05) is 44.5 Å². The van der Waals surface area contributed by atoms with Gasteiger partial charge in [-0.15, -0.1) is 0 Å². The number of aryl methyl sites for hydroxylation is 1. The zero-order valence-corrected chi connectivity index (χ0v) is 10.4. The molecule has 0 fully saturated rings. The number of aliphatic hydroxyl groups excluding tert-OH is 1. The minimum atomic E-state index is -0.267. The van der Waals surface area contributed by atoms with Gasteiger partial charge in [-0.25, -0.2) is 0 Å². The largest absolute Gasteiger partial charge is 0.393 e. The first-order chi connectivity index (χ1) is 6.89. The summed E-state index contributed by atoms with van der Waals surface area (Å²) >= 11 is 5.89. The second-order valence-corrected chi connectivity index (χ2v) is 5.49. The highest BCUT2D eigenvalue weighted by Crippen LogP contribution is 2.23. The van der Waals surface area contributed by atoms with Crippen molar-refractivity contribution < 1.29 is 5.11 Å². The second kappa shape index (κ2) is 5.00. The highest BCUT2D eigenvalue weighted by atomic mass is 35.5. The van der Waals surface area contributed by atoms with Crippen LogP contribution < -0.4 is 0 Å². The molecule has 1 aromatic rings. The van der Waals surface area contributed by atoms with Crippen molar-refractivity contribution in [2.75, 3.05) is 0 Å². The highest BCUT2D eigenvalue weighted by molar-refractivity contribution is 6.30. The average Bonchev–Trinajstić information content (AvgIpc) is 2.12. The van der Waals surface area contributed by atoms with Gasteiger partial charge in [0.25, 0.3) is 0 Å². The standard InChI is InChI=1S/C13H19ClO/c1-13(2,3)12(15)8-7-10-5-4-6-11(14)9-10/h4-6,9,12,15H,7-8H2,1-3H3. The Morgan fingerprint density at radius 1 is 1.33 bits per heavy atom. The molecule has 0 aliphatic carbocycles. The van der Waals surface area contributed by atoms with E-state index in [1.165, 1.54) is 5.56 Å². The van der Waals surface area contributed by atoms with E-state index in [9.17, 15) is 5.11 Å². The molecule has 0 spiro atoms. The Morgan fingerprint density at radius 2 is 2.00 bits per heavy atom. The summed E-state index contributed by atoms with van der Waals surface area (Å²) < 4.78 is 0. The van der Waals surface area contributed by atoms with Crippen molar-refractivity contribution in [2.45, 2.75) is 39.7 Å². The van der Waals surface area contributed by atoms with Crippen molar-refractivity contribution in [1.29, 1.82) is 0 Å². The van der Waals surface area contributed by atoms with Crippen LogP contribution in [0.3, 0.4) is 0 Å². The minimum Gasteiger partial charge on any atom is -0.393 e. The number of hydrogen-bond donors (Lipinski definition) is 1. The Kier molecular flexibility index (Phi) is 4.18. The molecule has 0 heterocycles. The van der Waals surface area contributed by atoms with E-state index in [1.807, 2.05) is 24.3 Å². The molecule has 0 saturated carbocycles. The molecule has 1 rings (SSSR count). The molecule has 1 nitrogen and oxygen atoms in total. The fraction of sp³-hybridized carbons (Fsp3) is 0.538. The quantitative estimate of drug-likeness (QED) is 0.834. The van der Waals surface area contributed by atoms with Gasteiger partial charge < -0.3 is 5.11 Å². The minimum absolute atomic E-state index is 0.0431. The van der Waals surface area contributed by atoms with Gasteiger partial charge in [-0.3, -0.25) is 0 Å². The lowest BCUT2D eigenvalue weighted by atomic mass is 9.86. The smallest absolute Gasteiger partial charge is 0.0591 e. The molecular weight excluding hydrogens is 208 g/mol. The first kappa shape index (κ1) is 12.5. The van der Waals surface area contributed by atoms with Crippen LogP contribution in [0.15, 0.2) is 24.3 Å². The summed E-state index contributed by atoms with van der Waals surface area (Å²) in [6, 6.07) is 7.81. The number of halogens is 1. The van der Waals surface area contributed by atoms with Gasteiger partial charge in [0.15, 0.2) is 0 Å². The Balaban J connectivity index is 2.51. The van der Waals surface area contributed by atoms with Gasteiger partial charge in [0.05, 0.1) is 6.10 Å². The molecule has 1 aromatic carbocycles. The summed E-state index contributed by atoms with van der Waals surface area (Å²) in [5, 5.41) is 10.6. The van der Waals surface area contributed by atoms with Crippen LogP contribution in [0.5, 0.6) is 0 Å². The van der Waals surface area contributed by atoms with Crippen molar-refractivity contribution in [3.8, 4) is 0 Å². The summed E-state index contributed by atoms with van der Waals surface area (Å²) in [4.78, 5) is 0. The predicted molar refractivity (Wildman–Crippen MR) is 65.2 cm³/mol. The average molecular weight is 227 g/mol. The van der Waals surface area contributed by atoms with Crippen molar-refractivity contribution in [3.05, 3.63) is 34.9 Å². The molecule has 1 unspecified atom stereocenters. The SMILES string of the molecule is CC(C)(C)C(O)CCc1cccc(Cl)c1. The van der Waals surface area contributed by atoms with Crippen LogP contribution in [0.1, 0.15) is 32.8 Å². The molecule has 0 aromatic heterocycles. The van der Waals surface area contributed by atoms with E-state index in [2.05, 4.69) is 20.8 Å². The number of hydrogen-bond acceptors (Lipinski definition) is 1. The maximum absolute atomic E-state index is 9.88. The molecule has 0 amide bonds. The predicted octanol–water partition coefficient (Wildman–Crippen LogP) is 3.68. The van der Waals surface area contributed by atoms with Crippen LogP contribution in [0.25, 0.3) is 0 Å². The Labute approximate surface area is 97.1 Å². The maximum atomic E-state index is 9.88. The summed E-state index contributed by atoms with van der Waals surface area (Å²) in [6.07, 6.45) is 1.39. The van der Waals surface area contributed by atoms with E-state index < -0.39 is 0 Å². The molecule has 0 bridgehead atoms. The molecule has 0 aliphatic rings. The van der Waals surface area contributed by atoms with E-state index in [1.54, 1.807) is 0 Å². The van der Waals surface area contributed by atoms with Gasteiger partial charge in [-0.2, -0.15) is 0 Å². The fourth-order valence-corrected chi connectivity index (χ4v) is 1.64. The molecule has 0 aliphatic heterocycles. The van der Waals surface area contributed by atoms with Crippen LogP contribution in [0, 0.1) is 5.41 Å². The van der Waals surface area contributed by atoms with Gasteiger partial charge in [0.1, 0.15) is 0 Å². The van der Waals surface area contributed by atoms with Crippen LogP contribution in [-0.4, -0.2) is 11.2 Å². The van der Waals surface area contributed by atoms with Crippen LogP contribution in [0.4, 0.5) is 0 Å².